The molecule has 1 fully saturated rings. The first-order valence-electron chi connectivity index (χ1n) is 10.4. The Bertz CT molecular complexity index is 1100. The van der Waals surface area contributed by atoms with Crippen molar-refractivity contribution in [1.82, 2.24) is 9.97 Å². The van der Waals surface area contributed by atoms with Gasteiger partial charge in [-0.15, -0.1) is 0 Å². The molecule has 1 aliphatic rings. The van der Waals surface area contributed by atoms with Crippen LogP contribution >= 0.6 is 0 Å². The average Bonchev–Trinajstić information content (AvgIpc) is 3.03. The molecule has 0 saturated carbocycles. The summed E-state index contributed by atoms with van der Waals surface area (Å²) >= 11 is 0. The third-order valence-electron chi connectivity index (χ3n) is 5.57. The number of anilines is 2. The summed E-state index contributed by atoms with van der Waals surface area (Å²) in [5.74, 6) is 1.49. The summed E-state index contributed by atoms with van der Waals surface area (Å²) in [6.07, 6.45) is 0. The monoisotopic (exact) mass is 408 g/mol. The van der Waals surface area contributed by atoms with Crippen molar-refractivity contribution in [2.75, 3.05) is 42.6 Å². The Morgan fingerprint density at radius 2 is 1.77 bits per heavy atom. The van der Waals surface area contributed by atoms with E-state index in [2.05, 4.69) is 46.8 Å². The number of carbonyl (C=O) groups excluding carboxylic acids is 1. The van der Waals surface area contributed by atoms with E-state index in [1.807, 2.05) is 6.92 Å². The van der Waals surface area contributed by atoms with Crippen LogP contribution in [-0.4, -0.2) is 48.7 Å². The van der Waals surface area contributed by atoms with Gasteiger partial charge in [-0.1, -0.05) is 17.7 Å². The van der Waals surface area contributed by atoms with E-state index in [1.165, 1.54) is 16.8 Å². The lowest BCUT2D eigenvalue weighted by molar-refractivity contribution is 0.0526. The van der Waals surface area contributed by atoms with Crippen LogP contribution < -0.4 is 9.80 Å². The van der Waals surface area contributed by atoms with Crippen LogP contribution in [0.3, 0.4) is 0 Å². The Kier molecular flexibility index (Phi) is 5.37. The average molecular weight is 409 g/mol. The Balaban J connectivity index is 1.66. The number of carbonyl (C=O) groups is 1. The number of esters is 1. The molecule has 0 amide bonds. The van der Waals surface area contributed by atoms with Gasteiger partial charge in [0, 0.05) is 31.9 Å². The highest BCUT2D eigenvalue weighted by atomic mass is 16.5. The number of aromatic nitrogens is 2. The summed E-state index contributed by atoms with van der Waals surface area (Å²) in [5, 5.41) is 0.650. The highest BCUT2D eigenvalue weighted by molar-refractivity contribution is 6.08. The highest BCUT2D eigenvalue weighted by Gasteiger charge is 2.28. The minimum atomic E-state index is -0.392. The molecular formula is C23H28N4O3. The molecule has 1 saturated heterocycles. The SMILES string of the molecule is CCOC(=O)c1c(C)oc2nc(C)nc(N3CCN(c4ccc(C)cc4C)CC3)c12. The fourth-order valence-electron chi connectivity index (χ4n) is 4.19. The molecule has 3 heterocycles. The minimum absolute atomic E-state index is 0.307. The van der Waals surface area contributed by atoms with Crippen LogP contribution in [0.5, 0.6) is 0 Å². The second kappa shape index (κ2) is 7.97. The number of furan rings is 1. The maximum Gasteiger partial charge on any atom is 0.342 e. The van der Waals surface area contributed by atoms with Crippen molar-refractivity contribution >= 4 is 28.6 Å². The minimum Gasteiger partial charge on any atom is -0.462 e. The van der Waals surface area contributed by atoms with Crippen molar-refractivity contribution in [3.63, 3.8) is 0 Å². The zero-order valence-electron chi connectivity index (χ0n) is 18.3. The van der Waals surface area contributed by atoms with Crippen molar-refractivity contribution in [2.45, 2.75) is 34.6 Å². The Morgan fingerprint density at radius 1 is 1.07 bits per heavy atom. The van der Waals surface area contributed by atoms with Crippen LogP contribution in [0.4, 0.5) is 11.5 Å². The first-order chi connectivity index (χ1) is 14.4. The fourth-order valence-corrected chi connectivity index (χ4v) is 4.19. The lowest BCUT2D eigenvalue weighted by Gasteiger charge is -2.37. The van der Waals surface area contributed by atoms with Crippen molar-refractivity contribution in [3.05, 3.63) is 46.5 Å². The molecule has 3 aromatic rings. The van der Waals surface area contributed by atoms with E-state index in [-0.39, 0.29) is 0 Å². The van der Waals surface area contributed by atoms with E-state index in [0.29, 0.717) is 34.9 Å². The normalized spacial score (nSPS) is 14.4. The third-order valence-corrected chi connectivity index (χ3v) is 5.57. The molecule has 1 aromatic carbocycles. The van der Waals surface area contributed by atoms with Crippen molar-refractivity contribution < 1.29 is 13.9 Å². The molecule has 7 nitrogen and oxygen atoms in total. The van der Waals surface area contributed by atoms with Gasteiger partial charge in [-0.25, -0.2) is 9.78 Å². The standard InChI is InChI=1S/C23H28N4O3/c1-6-29-23(28)19-16(4)30-22-20(19)21(24-17(5)25-22)27-11-9-26(10-12-27)18-8-7-14(2)13-15(18)3/h7-8,13H,6,9-12H2,1-5H3. The van der Waals surface area contributed by atoms with Gasteiger partial charge in [-0.3, -0.25) is 0 Å². The van der Waals surface area contributed by atoms with Gasteiger partial charge in [0.2, 0.25) is 5.71 Å². The van der Waals surface area contributed by atoms with Gasteiger partial charge in [0.25, 0.3) is 0 Å². The second-order valence-electron chi connectivity index (χ2n) is 7.79. The fraction of sp³-hybridized carbons (Fsp3) is 0.435. The first-order valence-corrected chi connectivity index (χ1v) is 10.4. The van der Waals surface area contributed by atoms with E-state index in [4.69, 9.17) is 14.1 Å². The molecule has 7 heteroatoms. The zero-order chi connectivity index (χ0) is 21.4. The number of rotatable bonds is 4. The molecule has 30 heavy (non-hydrogen) atoms. The molecule has 1 aliphatic heterocycles. The summed E-state index contributed by atoms with van der Waals surface area (Å²) in [7, 11) is 0. The zero-order valence-corrected chi connectivity index (χ0v) is 18.3. The predicted molar refractivity (Wildman–Crippen MR) is 118 cm³/mol. The number of nitrogens with zero attached hydrogens (tertiary/aromatic N) is 4. The Morgan fingerprint density at radius 3 is 2.43 bits per heavy atom. The maximum atomic E-state index is 12.6. The van der Waals surface area contributed by atoms with Gasteiger partial charge in [0.1, 0.15) is 23.0 Å². The number of ether oxygens (including phenoxy) is 1. The smallest absolute Gasteiger partial charge is 0.342 e. The molecule has 158 valence electrons. The van der Waals surface area contributed by atoms with E-state index >= 15 is 0 Å². The number of aryl methyl sites for hydroxylation is 4. The first kappa shape index (κ1) is 20.2. The molecule has 0 unspecified atom stereocenters. The summed E-state index contributed by atoms with van der Waals surface area (Å²) < 4.78 is 11.1. The quantitative estimate of drug-likeness (QED) is 0.605. The summed E-state index contributed by atoms with van der Waals surface area (Å²) in [4.78, 5) is 26.3. The van der Waals surface area contributed by atoms with Gasteiger partial charge in [-0.05, 0) is 46.2 Å². The molecule has 0 spiro atoms. The van der Waals surface area contributed by atoms with Gasteiger partial charge in [0.05, 0.1) is 12.0 Å². The molecule has 4 rings (SSSR count). The van der Waals surface area contributed by atoms with Crippen LogP contribution in [0, 0.1) is 27.7 Å². The van der Waals surface area contributed by atoms with Crippen LogP contribution in [-0.2, 0) is 4.74 Å². The predicted octanol–water partition coefficient (Wildman–Crippen LogP) is 3.96. The highest BCUT2D eigenvalue weighted by Crippen LogP contribution is 2.33. The van der Waals surface area contributed by atoms with Gasteiger partial charge < -0.3 is 19.0 Å². The van der Waals surface area contributed by atoms with Crippen molar-refractivity contribution in [3.8, 4) is 0 Å². The van der Waals surface area contributed by atoms with E-state index < -0.39 is 5.97 Å². The van der Waals surface area contributed by atoms with Crippen LogP contribution in [0.1, 0.15) is 40.0 Å². The molecule has 0 N–H and O–H groups in total. The largest absolute Gasteiger partial charge is 0.462 e. The summed E-state index contributed by atoms with van der Waals surface area (Å²) in [6, 6.07) is 6.58. The van der Waals surface area contributed by atoms with Gasteiger partial charge in [0.15, 0.2) is 0 Å². The van der Waals surface area contributed by atoms with Crippen molar-refractivity contribution in [1.29, 1.82) is 0 Å². The summed E-state index contributed by atoms with van der Waals surface area (Å²) in [5.41, 5.74) is 4.71. The number of fused-ring (bicyclic) bond motifs is 1. The molecule has 0 atom stereocenters. The molecular weight excluding hydrogens is 380 g/mol. The summed E-state index contributed by atoms with van der Waals surface area (Å²) in [6.45, 7) is 13.3. The number of hydrogen-bond acceptors (Lipinski definition) is 7. The van der Waals surface area contributed by atoms with E-state index in [1.54, 1.807) is 13.8 Å². The molecule has 0 radical (unpaired) electrons. The molecule has 0 bridgehead atoms. The Hall–Kier alpha value is -3.09. The number of benzene rings is 1. The molecule has 0 aliphatic carbocycles. The van der Waals surface area contributed by atoms with Crippen LogP contribution in [0.15, 0.2) is 22.6 Å². The third kappa shape index (κ3) is 3.60. The van der Waals surface area contributed by atoms with E-state index in [0.717, 1.165) is 32.0 Å². The van der Waals surface area contributed by atoms with Gasteiger partial charge >= 0.3 is 5.97 Å². The number of piperazine rings is 1. The molecule has 2 aromatic heterocycles. The lowest BCUT2D eigenvalue weighted by Crippen LogP contribution is -2.47. The lowest BCUT2D eigenvalue weighted by atomic mass is 10.1. The van der Waals surface area contributed by atoms with Crippen molar-refractivity contribution in [2.24, 2.45) is 0 Å². The topological polar surface area (TPSA) is 71.7 Å². The van der Waals surface area contributed by atoms with E-state index in [9.17, 15) is 4.79 Å². The van der Waals surface area contributed by atoms with Crippen LogP contribution in [0.2, 0.25) is 0 Å². The number of hydrogen-bond donors (Lipinski definition) is 0. The second-order valence-corrected chi connectivity index (χ2v) is 7.79. The van der Waals surface area contributed by atoms with Gasteiger partial charge in [-0.2, -0.15) is 4.98 Å². The van der Waals surface area contributed by atoms with Crippen LogP contribution in [0.25, 0.3) is 11.1 Å². The maximum absolute atomic E-state index is 12.6. The Labute approximate surface area is 176 Å².